The van der Waals surface area contributed by atoms with Crippen LogP contribution in [0.1, 0.15) is 34.7 Å². The number of pyridine rings is 1. The van der Waals surface area contributed by atoms with Crippen molar-refractivity contribution in [2.24, 2.45) is 0 Å². The van der Waals surface area contributed by atoms with Crippen LogP contribution in [0.4, 0.5) is 15.8 Å². The zero-order chi connectivity index (χ0) is 26.8. The molecule has 2 aromatic heterocycles. The van der Waals surface area contributed by atoms with Gasteiger partial charge in [-0.1, -0.05) is 12.1 Å². The molecule has 194 valence electrons. The molecule has 5 rings (SSSR count). The Labute approximate surface area is 226 Å². The fraction of sp³-hybridized carbons (Fsp3) is 0.207. The molecule has 9 heteroatoms. The highest BCUT2D eigenvalue weighted by Crippen LogP contribution is 2.43. The van der Waals surface area contributed by atoms with Crippen LogP contribution < -0.4 is 15.5 Å². The highest BCUT2D eigenvalue weighted by Gasteiger charge is 2.42. The number of nitrogens with zero attached hydrogens (tertiary/aromatic N) is 3. The van der Waals surface area contributed by atoms with E-state index in [0.29, 0.717) is 10.8 Å². The number of ether oxygens (including phenoxy) is 1. The molecule has 1 fully saturated rings. The summed E-state index contributed by atoms with van der Waals surface area (Å²) in [4.78, 5) is 18.6. The lowest BCUT2D eigenvalue weighted by Gasteiger charge is -2.28. The first kappa shape index (κ1) is 25.6. The largest absolute Gasteiger partial charge is 0.375 e. The highest BCUT2D eigenvalue weighted by atomic mass is 32.1. The van der Waals surface area contributed by atoms with Gasteiger partial charge in [-0.15, -0.1) is 0 Å². The summed E-state index contributed by atoms with van der Waals surface area (Å²) in [5, 5.41) is 6.86. The van der Waals surface area contributed by atoms with E-state index in [1.54, 1.807) is 12.3 Å². The maximum atomic E-state index is 14.1. The number of amides is 1. The van der Waals surface area contributed by atoms with Gasteiger partial charge in [0.25, 0.3) is 0 Å². The van der Waals surface area contributed by atoms with Gasteiger partial charge in [0.2, 0.25) is 5.91 Å². The summed E-state index contributed by atoms with van der Waals surface area (Å²) in [6.45, 7) is 4.03. The molecule has 0 unspecified atom stereocenters. The van der Waals surface area contributed by atoms with Crippen LogP contribution in [0.25, 0.3) is 5.69 Å². The summed E-state index contributed by atoms with van der Waals surface area (Å²) < 4.78 is 21.1. The first-order valence-electron chi connectivity index (χ1n) is 12.2. The number of aryl methyl sites for hydroxylation is 1. The lowest BCUT2D eigenvalue weighted by molar-refractivity contribution is -0.119. The Kier molecular flexibility index (Phi) is 7.22. The SMILES string of the molecule is COCC(=O)Nc1ccc(N2C(=S)N[C@@H](c3ccccn3)[C@H]2c2cc(C)n(-c3cccc(F)c3)c2C)cc1. The van der Waals surface area contributed by atoms with Crippen molar-refractivity contribution in [3.05, 3.63) is 107 Å². The second kappa shape index (κ2) is 10.7. The fourth-order valence-electron chi connectivity index (χ4n) is 5.08. The predicted octanol–water partition coefficient (Wildman–Crippen LogP) is 5.39. The van der Waals surface area contributed by atoms with E-state index in [1.165, 1.54) is 19.2 Å². The van der Waals surface area contributed by atoms with Crippen LogP contribution in [0, 0.1) is 19.7 Å². The molecule has 0 aliphatic carbocycles. The molecule has 2 aromatic carbocycles. The minimum atomic E-state index is -0.286. The third-order valence-electron chi connectivity index (χ3n) is 6.66. The van der Waals surface area contributed by atoms with Crippen molar-refractivity contribution >= 4 is 34.6 Å². The summed E-state index contributed by atoms with van der Waals surface area (Å²) in [7, 11) is 1.48. The van der Waals surface area contributed by atoms with Gasteiger partial charge < -0.3 is 24.8 Å². The summed E-state index contributed by atoms with van der Waals surface area (Å²) in [6, 6.07) is 21.6. The van der Waals surface area contributed by atoms with E-state index in [4.69, 9.17) is 17.0 Å². The van der Waals surface area contributed by atoms with Crippen LogP contribution >= 0.6 is 12.2 Å². The van der Waals surface area contributed by atoms with Crippen LogP contribution in [0.2, 0.25) is 0 Å². The van der Waals surface area contributed by atoms with Crippen LogP contribution in [-0.4, -0.2) is 34.3 Å². The van der Waals surface area contributed by atoms with E-state index < -0.39 is 0 Å². The second-order valence-corrected chi connectivity index (χ2v) is 9.55. The molecule has 2 atom stereocenters. The highest BCUT2D eigenvalue weighted by molar-refractivity contribution is 7.80. The molecule has 0 radical (unpaired) electrons. The summed E-state index contributed by atoms with van der Waals surface area (Å²) in [6.07, 6.45) is 1.77. The van der Waals surface area contributed by atoms with Gasteiger partial charge in [-0.25, -0.2) is 4.39 Å². The summed E-state index contributed by atoms with van der Waals surface area (Å²) >= 11 is 5.85. The third-order valence-corrected chi connectivity index (χ3v) is 6.97. The first-order valence-corrected chi connectivity index (χ1v) is 12.6. The average molecular weight is 530 g/mol. The minimum Gasteiger partial charge on any atom is -0.375 e. The maximum Gasteiger partial charge on any atom is 0.250 e. The Morgan fingerprint density at radius 1 is 1.08 bits per heavy atom. The topological polar surface area (TPSA) is 71.4 Å². The molecular formula is C29H28FN5O2S. The van der Waals surface area contributed by atoms with E-state index in [1.807, 2.05) is 62.4 Å². The number of carbonyl (C=O) groups excluding carboxylic acids is 1. The Morgan fingerprint density at radius 3 is 2.55 bits per heavy atom. The first-order chi connectivity index (χ1) is 18.4. The molecule has 1 amide bonds. The molecule has 7 nitrogen and oxygen atoms in total. The van der Waals surface area contributed by atoms with Crippen molar-refractivity contribution in [2.45, 2.75) is 25.9 Å². The molecular weight excluding hydrogens is 501 g/mol. The molecule has 1 aliphatic rings. The Bertz CT molecular complexity index is 1470. The molecule has 4 aromatic rings. The van der Waals surface area contributed by atoms with Gasteiger partial charge in [-0.3, -0.25) is 9.78 Å². The maximum absolute atomic E-state index is 14.1. The molecule has 2 N–H and O–H groups in total. The second-order valence-electron chi connectivity index (χ2n) is 9.17. The molecule has 38 heavy (non-hydrogen) atoms. The third kappa shape index (κ3) is 4.90. The van der Waals surface area contributed by atoms with Gasteiger partial charge in [0.05, 0.1) is 17.8 Å². The van der Waals surface area contributed by atoms with E-state index >= 15 is 0 Å². The monoisotopic (exact) mass is 529 g/mol. The van der Waals surface area contributed by atoms with E-state index in [2.05, 4.69) is 31.2 Å². The average Bonchev–Trinajstić information content (AvgIpc) is 3.40. The number of thiocarbonyl (C=S) groups is 1. The van der Waals surface area contributed by atoms with Crippen LogP contribution in [0.3, 0.4) is 0 Å². The van der Waals surface area contributed by atoms with Crippen molar-refractivity contribution in [1.82, 2.24) is 14.9 Å². The minimum absolute atomic E-state index is 0.0172. The Balaban J connectivity index is 1.58. The summed E-state index contributed by atoms with van der Waals surface area (Å²) in [5.74, 6) is -0.512. The number of halogens is 1. The number of hydrogen-bond acceptors (Lipinski definition) is 4. The number of carbonyl (C=O) groups is 1. The molecule has 1 aliphatic heterocycles. The quantitative estimate of drug-likeness (QED) is 0.313. The van der Waals surface area contributed by atoms with E-state index in [9.17, 15) is 9.18 Å². The molecule has 1 saturated heterocycles. The number of benzene rings is 2. The molecule has 3 heterocycles. The van der Waals surface area contributed by atoms with Gasteiger partial charge in [0.1, 0.15) is 12.4 Å². The van der Waals surface area contributed by atoms with Crippen LogP contribution in [0.5, 0.6) is 0 Å². The molecule has 0 bridgehead atoms. The van der Waals surface area contributed by atoms with Crippen molar-refractivity contribution in [1.29, 1.82) is 0 Å². The number of rotatable bonds is 7. The fourth-order valence-corrected chi connectivity index (χ4v) is 5.43. The zero-order valence-electron chi connectivity index (χ0n) is 21.3. The van der Waals surface area contributed by atoms with Gasteiger partial charge in [0, 0.05) is 41.8 Å². The normalized spacial score (nSPS) is 16.9. The van der Waals surface area contributed by atoms with Crippen LogP contribution in [-0.2, 0) is 9.53 Å². The lowest BCUT2D eigenvalue weighted by atomic mass is 9.96. The molecule has 0 saturated carbocycles. The van der Waals surface area contributed by atoms with Crippen LogP contribution in [0.15, 0.2) is 79.0 Å². The van der Waals surface area contributed by atoms with Gasteiger partial charge in [-0.2, -0.15) is 0 Å². The smallest absolute Gasteiger partial charge is 0.250 e. The number of nitrogens with one attached hydrogen (secondary N) is 2. The van der Waals surface area contributed by atoms with Crippen molar-refractivity contribution < 1.29 is 13.9 Å². The van der Waals surface area contributed by atoms with E-state index in [-0.39, 0.29) is 30.4 Å². The van der Waals surface area contributed by atoms with E-state index in [0.717, 1.165) is 34.0 Å². The zero-order valence-corrected chi connectivity index (χ0v) is 22.1. The number of methoxy groups -OCH3 is 1. The standard InChI is InChI=1S/C29H28FN5O2S/c1-18-15-24(19(2)34(18)23-8-6-7-20(30)16-23)28-27(25-9-4-5-14-31-25)33-29(38)35(28)22-12-10-21(11-13-22)32-26(36)17-37-3/h4-16,27-28H,17H2,1-3H3,(H,32,36)(H,33,38)/t27-,28+/m0/s1. The van der Waals surface area contributed by atoms with Crippen molar-refractivity contribution in [3.63, 3.8) is 0 Å². The Hall–Kier alpha value is -4.08. The molecule has 0 spiro atoms. The number of aromatic nitrogens is 2. The van der Waals surface area contributed by atoms with Crippen molar-refractivity contribution in [2.75, 3.05) is 23.9 Å². The number of anilines is 2. The van der Waals surface area contributed by atoms with Gasteiger partial charge in [0.15, 0.2) is 5.11 Å². The number of hydrogen-bond donors (Lipinski definition) is 2. The predicted molar refractivity (Wildman–Crippen MR) is 150 cm³/mol. The lowest BCUT2D eigenvalue weighted by Crippen LogP contribution is -2.29. The van der Waals surface area contributed by atoms with Gasteiger partial charge >= 0.3 is 0 Å². The summed E-state index contributed by atoms with van der Waals surface area (Å²) in [5.41, 5.74) is 6.17. The van der Waals surface area contributed by atoms with Crippen molar-refractivity contribution in [3.8, 4) is 5.69 Å². The Morgan fingerprint density at radius 2 is 1.87 bits per heavy atom. The van der Waals surface area contributed by atoms with Gasteiger partial charge in [-0.05, 0) is 92.3 Å².